The zero-order valence-electron chi connectivity index (χ0n) is 12.4. The maximum atomic E-state index is 12.1. The average Bonchev–Trinajstić information content (AvgIpc) is 2.49. The molecule has 4 heteroatoms. The monoisotopic (exact) mass is 283 g/mol. The summed E-state index contributed by atoms with van der Waals surface area (Å²) in [5.74, 6) is -0.287. The number of anilines is 1. The minimum atomic E-state index is -0.287. The van der Waals surface area contributed by atoms with Crippen LogP contribution >= 0.6 is 0 Å². The third kappa shape index (κ3) is 4.64. The molecule has 21 heavy (non-hydrogen) atoms. The molecular weight excluding hydrogens is 262 g/mol. The van der Waals surface area contributed by atoms with E-state index in [-0.39, 0.29) is 17.5 Å². The molecule has 0 aromatic heterocycles. The summed E-state index contributed by atoms with van der Waals surface area (Å²) in [4.78, 5) is 12.1. The van der Waals surface area contributed by atoms with E-state index in [2.05, 4.69) is 10.6 Å². The summed E-state index contributed by atoms with van der Waals surface area (Å²) in [6.07, 6.45) is 7.04. The standard InChI is InChI=1S/C17H21N3O/c1-13-6-5-9-16(10-13)19-12-14(11-18)17(21)20-15-7-3-2-4-8-15/h5-6,9-10,12,15,19H,2-4,7-8H2,1H3,(H,20,21)/b14-12-. The molecule has 110 valence electrons. The number of nitrogens with zero attached hydrogens (tertiary/aromatic N) is 1. The van der Waals surface area contributed by atoms with Crippen molar-refractivity contribution < 1.29 is 4.79 Å². The summed E-state index contributed by atoms with van der Waals surface area (Å²) < 4.78 is 0. The van der Waals surface area contributed by atoms with Gasteiger partial charge in [-0.25, -0.2) is 0 Å². The van der Waals surface area contributed by atoms with Crippen LogP contribution in [0.15, 0.2) is 36.0 Å². The van der Waals surface area contributed by atoms with Gasteiger partial charge in [0.05, 0.1) is 0 Å². The van der Waals surface area contributed by atoms with Crippen LogP contribution in [0.4, 0.5) is 5.69 Å². The van der Waals surface area contributed by atoms with Crippen LogP contribution in [0, 0.1) is 18.3 Å². The van der Waals surface area contributed by atoms with E-state index >= 15 is 0 Å². The third-order valence-corrected chi connectivity index (χ3v) is 3.71. The summed E-state index contributed by atoms with van der Waals surface area (Å²) in [5, 5.41) is 15.1. The van der Waals surface area contributed by atoms with Gasteiger partial charge in [0.15, 0.2) is 0 Å². The molecule has 1 aromatic rings. The molecule has 1 aliphatic carbocycles. The second-order valence-corrected chi connectivity index (χ2v) is 5.49. The van der Waals surface area contributed by atoms with E-state index in [1.54, 1.807) is 0 Å². The van der Waals surface area contributed by atoms with Crippen LogP contribution in [0.1, 0.15) is 37.7 Å². The number of nitriles is 1. The fourth-order valence-corrected chi connectivity index (χ4v) is 2.55. The van der Waals surface area contributed by atoms with Gasteiger partial charge in [-0.2, -0.15) is 5.26 Å². The summed E-state index contributed by atoms with van der Waals surface area (Å²) >= 11 is 0. The molecule has 0 atom stereocenters. The highest BCUT2D eigenvalue weighted by atomic mass is 16.1. The van der Waals surface area contributed by atoms with Crippen molar-refractivity contribution in [3.8, 4) is 6.07 Å². The van der Waals surface area contributed by atoms with E-state index in [1.165, 1.54) is 12.6 Å². The van der Waals surface area contributed by atoms with Crippen LogP contribution in [0.25, 0.3) is 0 Å². The molecule has 0 unspecified atom stereocenters. The number of carbonyl (C=O) groups is 1. The highest BCUT2D eigenvalue weighted by molar-refractivity contribution is 5.97. The number of aryl methyl sites for hydroxylation is 1. The van der Waals surface area contributed by atoms with Crippen molar-refractivity contribution >= 4 is 11.6 Å². The molecule has 0 spiro atoms. The van der Waals surface area contributed by atoms with Gasteiger partial charge < -0.3 is 10.6 Å². The Hall–Kier alpha value is -2.28. The lowest BCUT2D eigenvalue weighted by Crippen LogP contribution is -2.37. The lowest BCUT2D eigenvalue weighted by atomic mass is 9.95. The maximum absolute atomic E-state index is 12.1. The fourth-order valence-electron chi connectivity index (χ4n) is 2.55. The van der Waals surface area contributed by atoms with Gasteiger partial charge in [0, 0.05) is 17.9 Å². The Labute approximate surface area is 125 Å². The first-order chi connectivity index (χ1) is 10.2. The Morgan fingerprint density at radius 1 is 1.33 bits per heavy atom. The average molecular weight is 283 g/mol. The van der Waals surface area contributed by atoms with Crippen molar-refractivity contribution in [2.75, 3.05) is 5.32 Å². The Bertz CT molecular complexity index is 566. The Balaban J connectivity index is 1.96. The molecule has 2 rings (SSSR count). The lowest BCUT2D eigenvalue weighted by molar-refractivity contribution is -0.118. The summed E-state index contributed by atoms with van der Waals surface area (Å²) in [7, 11) is 0. The van der Waals surface area contributed by atoms with Crippen molar-refractivity contribution in [2.45, 2.75) is 45.1 Å². The van der Waals surface area contributed by atoms with Crippen LogP contribution in [0.2, 0.25) is 0 Å². The first-order valence-electron chi connectivity index (χ1n) is 7.43. The second-order valence-electron chi connectivity index (χ2n) is 5.49. The molecule has 1 saturated carbocycles. The van der Waals surface area contributed by atoms with Crippen molar-refractivity contribution in [1.82, 2.24) is 5.32 Å². The van der Waals surface area contributed by atoms with E-state index < -0.39 is 0 Å². The highest BCUT2D eigenvalue weighted by Crippen LogP contribution is 2.17. The molecule has 2 N–H and O–H groups in total. The summed E-state index contributed by atoms with van der Waals surface area (Å²) in [5.41, 5.74) is 2.11. The summed E-state index contributed by atoms with van der Waals surface area (Å²) in [6.45, 7) is 2.00. The van der Waals surface area contributed by atoms with Crippen molar-refractivity contribution in [3.05, 3.63) is 41.6 Å². The fraction of sp³-hybridized carbons (Fsp3) is 0.412. The van der Waals surface area contributed by atoms with Crippen LogP contribution in [0.5, 0.6) is 0 Å². The number of amides is 1. The van der Waals surface area contributed by atoms with Gasteiger partial charge in [-0.3, -0.25) is 4.79 Å². The predicted molar refractivity (Wildman–Crippen MR) is 83.5 cm³/mol. The zero-order chi connectivity index (χ0) is 15.1. The molecule has 0 heterocycles. The van der Waals surface area contributed by atoms with E-state index in [4.69, 9.17) is 5.26 Å². The van der Waals surface area contributed by atoms with Crippen LogP contribution in [0.3, 0.4) is 0 Å². The van der Waals surface area contributed by atoms with Crippen molar-refractivity contribution in [1.29, 1.82) is 5.26 Å². The van der Waals surface area contributed by atoms with Gasteiger partial charge in [-0.05, 0) is 37.5 Å². The topological polar surface area (TPSA) is 64.9 Å². The maximum Gasteiger partial charge on any atom is 0.263 e. The second kappa shape index (κ2) is 7.49. The first-order valence-corrected chi connectivity index (χ1v) is 7.43. The van der Waals surface area contributed by atoms with Gasteiger partial charge >= 0.3 is 0 Å². The van der Waals surface area contributed by atoms with Gasteiger partial charge in [0.1, 0.15) is 11.6 Å². The molecule has 1 aliphatic rings. The molecule has 0 saturated heterocycles. The molecule has 0 bridgehead atoms. The first kappa shape index (κ1) is 15.1. The van der Waals surface area contributed by atoms with Crippen molar-refractivity contribution in [3.63, 3.8) is 0 Å². The van der Waals surface area contributed by atoms with E-state index in [0.717, 1.165) is 36.9 Å². The minimum Gasteiger partial charge on any atom is -0.360 e. The highest BCUT2D eigenvalue weighted by Gasteiger charge is 2.17. The third-order valence-electron chi connectivity index (χ3n) is 3.71. The Morgan fingerprint density at radius 2 is 2.10 bits per heavy atom. The lowest BCUT2D eigenvalue weighted by Gasteiger charge is -2.22. The van der Waals surface area contributed by atoms with Crippen molar-refractivity contribution in [2.24, 2.45) is 0 Å². The van der Waals surface area contributed by atoms with E-state index in [0.29, 0.717) is 0 Å². The smallest absolute Gasteiger partial charge is 0.263 e. The van der Waals surface area contributed by atoms with Gasteiger partial charge in [0.25, 0.3) is 5.91 Å². The molecule has 0 radical (unpaired) electrons. The number of hydrogen-bond acceptors (Lipinski definition) is 3. The van der Waals surface area contributed by atoms with Crippen LogP contribution < -0.4 is 10.6 Å². The molecule has 0 aliphatic heterocycles. The van der Waals surface area contributed by atoms with Crippen LogP contribution in [-0.4, -0.2) is 11.9 Å². The summed E-state index contributed by atoms with van der Waals surface area (Å²) in [6, 6.07) is 9.96. The van der Waals surface area contributed by atoms with Gasteiger partial charge in [-0.15, -0.1) is 0 Å². The number of rotatable bonds is 4. The molecule has 1 aromatic carbocycles. The molecule has 1 amide bonds. The largest absolute Gasteiger partial charge is 0.360 e. The Kier molecular flexibility index (Phi) is 5.39. The number of carbonyl (C=O) groups excluding carboxylic acids is 1. The SMILES string of the molecule is Cc1cccc(N/C=C(/C#N)C(=O)NC2CCCCC2)c1. The van der Waals surface area contributed by atoms with Gasteiger partial charge in [0.2, 0.25) is 0 Å². The van der Waals surface area contributed by atoms with E-state index in [9.17, 15) is 4.79 Å². The number of hydrogen-bond donors (Lipinski definition) is 2. The predicted octanol–water partition coefficient (Wildman–Crippen LogP) is 3.26. The zero-order valence-corrected chi connectivity index (χ0v) is 12.4. The number of benzene rings is 1. The minimum absolute atomic E-state index is 0.113. The Morgan fingerprint density at radius 3 is 2.76 bits per heavy atom. The molecule has 1 fully saturated rings. The number of nitrogens with one attached hydrogen (secondary N) is 2. The molecule has 4 nitrogen and oxygen atoms in total. The molecular formula is C17H21N3O. The van der Waals surface area contributed by atoms with Gasteiger partial charge in [-0.1, -0.05) is 31.4 Å². The quantitative estimate of drug-likeness (QED) is 0.658. The van der Waals surface area contributed by atoms with Crippen LogP contribution in [-0.2, 0) is 4.79 Å². The van der Waals surface area contributed by atoms with E-state index in [1.807, 2.05) is 37.3 Å². The normalized spacial score (nSPS) is 16.1.